The van der Waals surface area contributed by atoms with Crippen molar-refractivity contribution in [3.05, 3.63) is 40.5 Å². The first kappa shape index (κ1) is 19.8. The van der Waals surface area contributed by atoms with Gasteiger partial charge in [-0.25, -0.2) is 0 Å². The summed E-state index contributed by atoms with van der Waals surface area (Å²) in [6, 6.07) is 5.18. The van der Waals surface area contributed by atoms with E-state index in [1.54, 1.807) is 18.2 Å². The number of carbonyl (C=O) groups excluding carboxylic acids is 2. The zero-order valence-corrected chi connectivity index (χ0v) is 16.6. The molecule has 6 heteroatoms. The summed E-state index contributed by atoms with van der Waals surface area (Å²) >= 11 is 6.17. The lowest BCUT2D eigenvalue weighted by molar-refractivity contribution is -0.00258. The fourth-order valence-electron chi connectivity index (χ4n) is 3.76. The smallest absolute Gasteiger partial charge is 0.253 e. The highest BCUT2D eigenvalue weighted by atomic mass is 35.5. The number of nitrogens with zero attached hydrogens (tertiary/aromatic N) is 1. The molecule has 0 unspecified atom stereocenters. The van der Waals surface area contributed by atoms with Crippen LogP contribution in [0.25, 0.3) is 10.9 Å². The summed E-state index contributed by atoms with van der Waals surface area (Å²) in [5.74, 6) is -0.0133. The van der Waals surface area contributed by atoms with Crippen molar-refractivity contribution >= 4 is 34.2 Å². The molecule has 1 aliphatic rings. The van der Waals surface area contributed by atoms with Crippen LogP contribution in [0.4, 0.5) is 0 Å². The molecule has 0 radical (unpaired) electrons. The van der Waals surface area contributed by atoms with Crippen LogP contribution in [0.1, 0.15) is 68.6 Å². The Hall–Kier alpha value is -1.98. The fraction of sp³-hybridized carbons (Fsp3) is 0.476. The molecule has 0 bridgehead atoms. The lowest BCUT2D eigenvalue weighted by atomic mass is 9.77. The number of carbonyl (C=O) groups is 2. The second-order valence-electron chi connectivity index (χ2n) is 7.98. The predicted octanol–water partition coefficient (Wildman–Crippen LogP) is 4.40. The maximum Gasteiger partial charge on any atom is 0.253 e. The Kier molecular flexibility index (Phi) is 5.54. The summed E-state index contributed by atoms with van der Waals surface area (Å²) in [4.78, 5) is 28.5. The van der Waals surface area contributed by atoms with Crippen LogP contribution in [0.15, 0.2) is 24.4 Å². The Balaban J connectivity index is 0.00000280. The molecular weight excluding hydrogens is 364 g/mol. The molecule has 1 heterocycles. The maximum atomic E-state index is 12.6. The number of nitrogens with one attached hydrogen (secondary N) is 1. The van der Waals surface area contributed by atoms with Crippen molar-refractivity contribution < 1.29 is 16.1 Å². The highest BCUT2D eigenvalue weighted by Crippen LogP contribution is 2.32. The molecule has 1 saturated carbocycles. The summed E-state index contributed by atoms with van der Waals surface area (Å²) in [6.45, 7) is 5.15. The van der Waals surface area contributed by atoms with Gasteiger partial charge < -0.3 is 10.4 Å². The van der Waals surface area contributed by atoms with Gasteiger partial charge in [-0.2, -0.15) is 0 Å². The first-order valence-electron chi connectivity index (χ1n) is 9.28. The Labute approximate surface area is 165 Å². The predicted molar refractivity (Wildman–Crippen MR) is 108 cm³/mol. The third kappa shape index (κ3) is 4.47. The summed E-state index contributed by atoms with van der Waals surface area (Å²) < 4.78 is 0. The van der Waals surface area contributed by atoms with Crippen molar-refractivity contribution in [3.63, 3.8) is 0 Å². The van der Waals surface area contributed by atoms with Crippen LogP contribution in [-0.4, -0.2) is 33.4 Å². The van der Waals surface area contributed by atoms with Crippen LogP contribution < -0.4 is 5.32 Å². The van der Waals surface area contributed by atoms with E-state index < -0.39 is 5.60 Å². The van der Waals surface area contributed by atoms with E-state index in [1.165, 1.54) is 13.1 Å². The number of amides is 1. The molecular formula is C21H27ClN2O3. The van der Waals surface area contributed by atoms with Gasteiger partial charge in [0, 0.05) is 24.6 Å². The summed E-state index contributed by atoms with van der Waals surface area (Å²) in [5, 5.41) is 14.3. The molecule has 1 aromatic carbocycles. The van der Waals surface area contributed by atoms with Crippen molar-refractivity contribution in [2.45, 2.75) is 58.1 Å². The topological polar surface area (TPSA) is 79.3 Å². The molecule has 1 fully saturated rings. The highest BCUT2D eigenvalue weighted by molar-refractivity contribution is 6.34. The standard InChI is InChI=1S/C21H25ClN2O3.H2/c1-12(25)17-10-19-13(9-18(17)22)8-14(11-23-19)20(26)24-16-6-4-15(5-7-16)21(2,3)27;/h8-11,15-16,27H,4-7H2,1-3H3,(H,24,26);1H. The summed E-state index contributed by atoms with van der Waals surface area (Å²) in [6.07, 6.45) is 5.03. The average molecular weight is 391 g/mol. The number of aliphatic hydroxyl groups is 1. The van der Waals surface area contributed by atoms with Gasteiger partial charge in [0.15, 0.2) is 5.78 Å². The second-order valence-corrected chi connectivity index (χ2v) is 8.39. The monoisotopic (exact) mass is 390 g/mol. The van der Waals surface area contributed by atoms with E-state index in [4.69, 9.17) is 11.6 Å². The number of benzene rings is 1. The molecule has 1 aromatic heterocycles. The summed E-state index contributed by atoms with van der Waals surface area (Å²) in [5.41, 5.74) is 0.859. The lowest BCUT2D eigenvalue weighted by Crippen LogP contribution is -2.41. The number of hydrogen-bond donors (Lipinski definition) is 2. The highest BCUT2D eigenvalue weighted by Gasteiger charge is 2.31. The molecule has 0 saturated heterocycles. The van der Waals surface area contributed by atoms with Crippen LogP contribution in [-0.2, 0) is 0 Å². The maximum absolute atomic E-state index is 12.6. The Morgan fingerprint density at radius 3 is 2.48 bits per heavy atom. The van der Waals surface area contributed by atoms with Crippen LogP contribution in [0.2, 0.25) is 5.02 Å². The van der Waals surface area contributed by atoms with Crippen molar-refractivity contribution in [2.75, 3.05) is 0 Å². The van der Waals surface area contributed by atoms with E-state index in [0.29, 0.717) is 21.7 Å². The third-order valence-electron chi connectivity index (χ3n) is 5.47. The van der Waals surface area contributed by atoms with E-state index in [9.17, 15) is 14.7 Å². The fourth-order valence-corrected chi connectivity index (χ4v) is 4.06. The van der Waals surface area contributed by atoms with Crippen molar-refractivity contribution in [1.82, 2.24) is 10.3 Å². The van der Waals surface area contributed by atoms with E-state index in [2.05, 4.69) is 10.3 Å². The number of halogens is 1. The number of pyridine rings is 1. The normalized spacial score (nSPS) is 20.5. The van der Waals surface area contributed by atoms with Gasteiger partial charge in [0.05, 0.1) is 21.7 Å². The largest absolute Gasteiger partial charge is 0.390 e. The minimum atomic E-state index is -0.671. The van der Waals surface area contributed by atoms with Crippen molar-refractivity contribution in [1.29, 1.82) is 0 Å². The second kappa shape index (κ2) is 7.56. The Morgan fingerprint density at radius 2 is 1.89 bits per heavy atom. The third-order valence-corrected chi connectivity index (χ3v) is 5.79. The van der Waals surface area contributed by atoms with Crippen LogP contribution in [0.5, 0.6) is 0 Å². The number of fused-ring (bicyclic) bond motifs is 1. The molecule has 2 aromatic rings. The number of aromatic nitrogens is 1. The van der Waals surface area contributed by atoms with E-state index in [-0.39, 0.29) is 25.1 Å². The van der Waals surface area contributed by atoms with Crippen LogP contribution in [0, 0.1) is 5.92 Å². The van der Waals surface area contributed by atoms with Crippen molar-refractivity contribution in [3.8, 4) is 0 Å². The molecule has 1 amide bonds. The van der Waals surface area contributed by atoms with Gasteiger partial charge in [0.2, 0.25) is 0 Å². The lowest BCUT2D eigenvalue weighted by Gasteiger charge is -2.36. The first-order valence-corrected chi connectivity index (χ1v) is 9.66. The van der Waals surface area contributed by atoms with E-state index in [1.807, 2.05) is 13.8 Å². The Bertz CT molecular complexity index is 887. The van der Waals surface area contributed by atoms with E-state index >= 15 is 0 Å². The number of ketones is 1. The molecule has 3 rings (SSSR count). The zero-order chi connectivity index (χ0) is 19.8. The molecule has 0 spiro atoms. The van der Waals surface area contributed by atoms with Crippen LogP contribution in [0.3, 0.4) is 0 Å². The van der Waals surface area contributed by atoms with Gasteiger partial charge in [0.25, 0.3) is 5.91 Å². The first-order chi connectivity index (χ1) is 12.6. The molecule has 5 nitrogen and oxygen atoms in total. The minimum absolute atomic E-state index is 0. The Morgan fingerprint density at radius 1 is 1.22 bits per heavy atom. The van der Waals surface area contributed by atoms with Gasteiger partial charge in [0.1, 0.15) is 0 Å². The van der Waals surface area contributed by atoms with Gasteiger partial charge in [-0.3, -0.25) is 14.6 Å². The minimum Gasteiger partial charge on any atom is -0.390 e. The van der Waals surface area contributed by atoms with E-state index in [0.717, 1.165) is 31.1 Å². The number of Topliss-reactive ketones (excluding diaryl/α,β-unsaturated/α-hetero) is 1. The zero-order valence-electron chi connectivity index (χ0n) is 15.9. The van der Waals surface area contributed by atoms with Crippen LogP contribution >= 0.6 is 11.6 Å². The van der Waals surface area contributed by atoms with Gasteiger partial charge in [-0.1, -0.05) is 11.6 Å². The van der Waals surface area contributed by atoms with Gasteiger partial charge in [-0.15, -0.1) is 0 Å². The molecule has 1 aliphatic carbocycles. The molecule has 146 valence electrons. The quantitative estimate of drug-likeness (QED) is 0.758. The van der Waals surface area contributed by atoms with Gasteiger partial charge >= 0.3 is 0 Å². The molecule has 2 N–H and O–H groups in total. The average Bonchev–Trinajstić information content (AvgIpc) is 2.60. The van der Waals surface area contributed by atoms with Gasteiger partial charge in [-0.05, 0) is 70.6 Å². The molecule has 0 aliphatic heterocycles. The molecule has 27 heavy (non-hydrogen) atoms. The SMILES string of the molecule is CC(=O)c1cc2ncc(C(=O)NC3CCC(C(C)(C)O)CC3)cc2cc1Cl.[HH]. The molecule has 0 atom stereocenters. The summed E-state index contributed by atoms with van der Waals surface area (Å²) in [7, 11) is 0. The van der Waals surface area contributed by atoms with Crippen molar-refractivity contribution in [2.24, 2.45) is 5.92 Å². The number of rotatable bonds is 4. The number of hydrogen-bond acceptors (Lipinski definition) is 4.